The number of hydrogen-bond acceptors (Lipinski definition) is 6. The van der Waals surface area contributed by atoms with Crippen molar-refractivity contribution >= 4 is 17.9 Å². The monoisotopic (exact) mass is 711 g/mol. The van der Waals surface area contributed by atoms with E-state index in [2.05, 4.69) is 26.0 Å². The van der Waals surface area contributed by atoms with Gasteiger partial charge in [-0.05, 0) is 38.5 Å². The van der Waals surface area contributed by atoms with E-state index in [4.69, 9.17) is 14.2 Å². The molecule has 0 saturated carbocycles. The highest BCUT2D eigenvalue weighted by molar-refractivity contribution is 5.72. The second kappa shape index (κ2) is 34.2. The molecule has 0 rings (SSSR count). The van der Waals surface area contributed by atoms with Crippen molar-refractivity contribution in [2.45, 2.75) is 199 Å². The highest BCUT2D eigenvalue weighted by Gasteiger charge is 2.31. The molecule has 0 aromatic heterocycles. The molecule has 0 aliphatic rings. The Morgan fingerprint density at radius 3 is 1.44 bits per heavy atom. The van der Waals surface area contributed by atoms with Gasteiger partial charge in [0.05, 0.1) is 34.4 Å². The lowest BCUT2D eigenvalue weighted by Crippen LogP contribution is -2.50. The molecular formula is C42H80NO7+. The first kappa shape index (κ1) is 48.1. The van der Waals surface area contributed by atoms with Crippen molar-refractivity contribution in [1.29, 1.82) is 0 Å². The van der Waals surface area contributed by atoms with E-state index in [0.717, 1.165) is 51.4 Å². The number of carbonyl (C=O) groups excluding carboxylic acids is 2. The van der Waals surface area contributed by atoms with Crippen LogP contribution in [0.3, 0.4) is 0 Å². The van der Waals surface area contributed by atoms with Gasteiger partial charge < -0.3 is 23.8 Å². The molecule has 0 saturated heterocycles. The minimum atomic E-state index is -0.875. The number of esters is 2. The first-order valence-corrected chi connectivity index (χ1v) is 20.7. The number of aliphatic carboxylic acids is 1. The molecule has 0 aromatic carbocycles. The third-order valence-electron chi connectivity index (χ3n) is 9.41. The Morgan fingerprint density at radius 1 is 0.580 bits per heavy atom. The number of unbranched alkanes of at least 4 members (excludes halogenated alkanes) is 21. The lowest BCUT2D eigenvalue weighted by molar-refractivity contribution is -0.887. The Labute approximate surface area is 308 Å². The fourth-order valence-corrected chi connectivity index (χ4v) is 6.14. The number of carbonyl (C=O) groups is 3. The van der Waals surface area contributed by atoms with Crippen LogP contribution in [0.1, 0.15) is 187 Å². The molecule has 50 heavy (non-hydrogen) atoms. The summed E-state index contributed by atoms with van der Waals surface area (Å²) < 4.78 is 17.2. The molecular weight excluding hydrogens is 630 g/mol. The molecule has 0 aliphatic carbocycles. The minimum Gasteiger partial charge on any atom is -0.477 e. The molecule has 0 aliphatic heterocycles. The van der Waals surface area contributed by atoms with Crippen LogP contribution < -0.4 is 0 Å². The van der Waals surface area contributed by atoms with E-state index in [9.17, 15) is 19.5 Å². The van der Waals surface area contributed by atoms with Crippen LogP contribution in [0.2, 0.25) is 0 Å². The summed E-state index contributed by atoms with van der Waals surface area (Å²) in [6.07, 6.45) is 33.9. The summed E-state index contributed by atoms with van der Waals surface area (Å²) in [6.45, 7) is 4.72. The number of hydrogen-bond donors (Lipinski definition) is 1. The van der Waals surface area contributed by atoms with Crippen LogP contribution in [0.5, 0.6) is 0 Å². The van der Waals surface area contributed by atoms with Gasteiger partial charge in [-0.2, -0.15) is 0 Å². The standard InChI is InChI=1S/C42H79NO7/c1-6-8-10-12-14-16-18-19-20-21-22-23-25-27-29-31-33-41(45)50-38(36-48-35-34-39(42(46)47)43(3,4)5)37-49-40(44)32-30-28-26-24-17-15-13-11-9-7-2/h20-21,38-39H,6-19,22-37H2,1-5H3/p+1/b21-20-. The SMILES string of the molecule is CCCCCCCCC/C=C\CCCCCCCC(=O)OC(COCCC(C(=O)O)[N+](C)(C)C)COC(=O)CCCCCCCCCCCC. The summed E-state index contributed by atoms with van der Waals surface area (Å²) in [5.74, 6) is -1.47. The van der Waals surface area contributed by atoms with E-state index in [1.54, 1.807) is 0 Å². The molecule has 8 nitrogen and oxygen atoms in total. The largest absolute Gasteiger partial charge is 0.477 e. The minimum absolute atomic E-state index is 0.0491. The van der Waals surface area contributed by atoms with Crippen LogP contribution in [0.15, 0.2) is 12.2 Å². The zero-order valence-corrected chi connectivity index (χ0v) is 33.4. The average Bonchev–Trinajstić information content (AvgIpc) is 3.06. The molecule has 0 fully saturated rings. The van der Waals surface area contributed by atoms with Gasteiger partial charge in [-0.25, -0.2) is 4.79 Å². The van der Waals surface area contributed by atoms with Gasteiger partial charge in [0.2, 0.25) is 0 Å². The molecule has 0 bridgehead atoms. The second-order valence-corrected chi connectivity index (χ2v) is 15.2. The number of likely N-dealkylation sites (N-methyl/N-ethyl adjacent to an activating group) is 1. The molecule has 0 spiro atoms. The van der Waals surface area contributed by atoms with Gasteiger partial charge >= 0.3 is 17.9 Å². The number of carboxylic acids is 1. The van der Waals surface area contributed by atoms with Crippen molar-refractivity contribution in [3.63, 3.8) is 0 Å². The second-order valence-electron chi connectivity index (χ2n) is 15.2. The lowest BCUT2D eigenvalue weighted by atomic mass is 10.1. The van der Waals surface area contributed by atoms with Crippen LogP contribution in [0.4, 0.5) is 0 Å². The summed E-state index contributed by atoms with van der Waals surface area (Å²) in [5, 5.41) is 9.59. The summed E-state index contributed by atoms with van der Waals surface area (Å²) in [7, 11) is 5.52. The molecule has 2 unspecified atom stereocenters. The average molecular weight is 711 g/mol. The Balaban J connectivity index is 4.36. The number of nitrogens with zero attached hydrogens (tertiary/aromatic N) is 1. The fraction of sp³-hybridized carbons (Fsp3) is 0.881. The van der Waals surface area contributed by atoms with E-state index >= 15 is 0 Å². The number of ether oxygens (including phenoxy) is 3. The summed E-state index contributed by atoms with van der Waals surface area (Å²) in [5.41, 5.74) is 0. The van der Waals surface area contributed by atoms with Gasteiger partial charge in [-0.15, -0.1) is 0 Å². The third-order valence-corrected chi connectivity index (χ3v) is 9.41. The van der Waals surface area contributed by atoms with Crippen molar-refractivity contribution in [1.82, 2.24) is 0 Å². The maximum Gasteiger partial charge on any atom is 0.362 e. The van der Waals surface area contributed by atoms with E-state index in [1.165, 1.54) is 103 Å². The third kappa shape index (κ3) is 32.0. The maximum absolute atomic E-state index is 12.7. The Morgan fingerprint density at radius 2 is 1.00 bits per heavy atom. The van der Waals surface area contributed by atoms with E-state index in [1.807, 2.05) is 21.1 Å². The molecule has 0 radical (unpaired) electrons. The van der Waals surface area contributed by atoms with Gasteiger partial charge in [0.15, 0.2) is 12.1 Å². The van der Waals surface area contributed by atoms with Gasteiger partial charge in [0.1, 0.15) is 6.61 Å². The molecule has 8 heteroatoms. The predicted octanol–water partition coefficient (Wildman–Crippen LogP) is 10.7. The molecule has 2 atom stereocenters. The predicted molar refractivity (Wildman–Crippen MR) is 206 cm³/mol. The Kier molecular flexibility index (Phi) is 32.9. The molecule has 0 aromatic rings. The van der Waals surface area contributed by atoms with Crippen LogP contribution in [0.25, 0.3) is 0 Å². The van der Waals surface area contributed by atoms with Crippen molar-refractivity contribution in [3.05, 3.63) is 12.2 Å². The zero-order valence-electron chi connectivity index (χ0n) is 33.4. The van der Waals surface area contributed by atoms with E-state index in [0.29, 0.717) is 19.3 Å². The molecule has 1 N–H and O–H groups in total. The topological polar surface area (TPSA) is 99.1 Å². The van der Waals surface area contributed by atoms with Gasteiger partial charge in [0, 0.05) is 19.3 Å². The first-order chi connectivity index (χ1) is 24.1. The van der Waals surface area contributed by atoms with Crippen LogP contribution in [-0.4, -0.2) is 80.6 Å². The first-order valence-electron chi connectivity index (χ1n) is 20.7. The van der Waals surface area contributed by atoms with Crippen molar-refractivity contribution in [2.75, 3.05) is 41.0 Å². The van der Waals surface area contributed by atoms with Gasteiger partial charge in [-0.3, -0.25) is 9.59 Å². The number of quaternary nitrogens is 1. The van der Waals surface area contributed by atoms with Crippen molar-refractivity contribution in [3.8, 4) is 0 Å². The van der Waals surface area contributed by atoms with Crippen LogP contribution in [-0.2, 0) is 28.6 Å². The van der Waals surface area contributed by atoms with Gasteiger partial charge in [0.25, 0.3) is 0 Å². The molecule has 0 heterocycles. The van der Waals surface area contributed by atoms with Crippen molar-refractivity contribution < 1.29 is 38.2 Å². The smallest absolute Gasteiger partial charge is 0.362 e. The fourth-order valence-electron chi connectivity index (χ4n) is 6.14. The highest BCUT2D eigenvalue weighted by Crippen LogP contribution is 2.14. The van der Waals surface area contributed by atoms with E-state index in [-0.39, 0.29) is 36.2 Å². The Hall–Kier alpha value is -1.93. The number of rotatable bonds is 37. The summed E-state index contributed by atoms with van der Waals surface area (Å²) in [6, 6.07) is -0.610. The zero-order chi connectivity index (χ0) is 37.1. The van der Waals surface area contributed by atoms with Gasteiger partial charge in [-0.1, -0.05) is 142 Å². The van der Waals surface area contributed by atoms with Crippen LogP contribution in [0, 0.1) is 0 Å². The summed E-state index contributed by atoms with van der Waals surface area (Å²) in [4.78, 5) is 36.8. The number of carboxylic acid groups (broad SMARTS) is 1. The molecule has 294 valence electrons. The highest BCUT2D eigenvalue weighted by atomic mass is 16.6. The van der Waals surface area contributed by atoms with E-state index < -0.39 is 18.1 Å². The molecule has 0 amide bonds. The number of allylic oxidation sites excluding steroid dienone is 2. The maximum atomic E-state index is 12.7. The normalized spacial score (nSPS) is 13.1. The summed E-state index contributed by atoms with van der Waals surface area (Å²) >= 11 is 0. The van der Waals surface area contributed by atoms with Crippen LogP contribution >= 0.6 is 0 Å². The Bertz CT molecular complexity index is 838. The van der Waals surface area contributed by atoms with Crippen molar-refractivity contribution in [2.24, 2.45) is 0 Å². The lowest BCUT2D eigenvalue weighted by Gasteiger charge is -2.31. The quantitative estimate of drug-likeness (QED) is 0.0296.